The first-order valence-corrected chi connectivity index (χ1v) is 5.30. The van der Waals surface area contributed by atoms with Crippen molar-refractivity contribution in [2.75, 3.05) is 6.61 Å². The van der Waals surface area contributed by atoms with Gasteiger partial charge >= 0.3 is 0 Å². The number of aliphatic hydroxyl groups excluding tert-OH is 1. The van der Waals surface area contributed by atoms with Crippen molar-refractivity contribution in [1.29, 1.82) is 0 Å². The van der Waals surface area contributed by atoms with Crippen molar-refractivity contribution in [3.8, 4) is 0 Å². The van der Waals surface area contributed by atoms with Gasteiger partial charge < -0.3 is 5.11 Å². The first-order chi connectivity index (χ1) is 7.51. The predicted molar refractivity (Wildman–Crippen MR) is 71.7 cm³/mol. The van der Waals surface area contributed by atoms with E-state index in [0.717, 1.165) is 22.4 Å². The number of allylic oxidation sites excluding steroid dienone is 5. The van der Waals surface area contributed by atoms with Gasteiger partial charge in [-0.05, 0) is 50.5 Å². The lowest BCUT2D eigenvalue weighted by Crippen LogP contribution is -1.88. The molecule has 0 saturated carbocycles. The van der Waals surface area contributed by atoms with Gasteiger partial charge in [-0.2, -0.15) is 0 Å². The van der Waals surface area contributed by atoms with Crippen LogP contribution < -0.4 is 0 Å². The second kappa shape index (κ2) is 7.83. The average molecular weight is 219 g/mol. The molecule has 0 aromatic carbocycles. The molecular formula is C14H21NO. The van der Waals surface area contributed by atoms with E-state index in [1.807, 2.05) is 45.9 Å². The molecule has 88 valence electrons. The van der Waals surface area contributed by atoms with Crippen molar-refractivity contribution in [2.24, 2.45) is 4.99 Å². The quantitative estimate of drug-likeness (QED) is 0.557. The smallest absolute Gasteiger partial charge is 0.0642 e. The third-order valence-corrected chi connectivity index (χ3v) is 2.21. The molecule has 0 bridgehead atoms. The number of hydrogen-bond acceptors (Lipinski definition) is 2. The van der Waals surface area contributed by atoms with E-state index in [1.165, 1.54) is 6.20 Å². The Kier molecular flexibility index (Phi) is 7.14. The molecule has 0 saturated heterocycles. The topological polar surface area (TPSA) is 32.6 Å². The van der Waals surface area contributed by atoms with Gasteiger partial charge in [-0.3, -0.25) is 4.99 Å². The molecule has 16 heavy (non-hydrogen) atoms. The minimum atomic E-state index is 0.101. The van der Waals surface area contributed by atoms with E-state index in [1.54, 1.807) is 0 Å². The summed E-state index contributed by atoms with van der Waals surface area (Å²) in [5.74, 6) is 0. The number of aliphatic imine (C=N–C) groups is 1. The summed E-state index contributed by atoms with van der Waals surface area (Å²) in [7, 11) is 0. The van der Waals surface area contributed by atoms with Crippen LogP contribution in [0.1, 0.15) is 27.7 Å². The van der Waals surface area contributed by atoms with Gasteiger partial charge in [0, 0.05) is 11.9 Å². The molecule has 0 atom stereocenters. The third-order valence-electron chi connectivity index (χ3n) is 2.21. The third kappa shape index (κ3) is 6.14. The van der Waals surface area contributed by atoms with E-state index in [4.69, 9.17) is 5.11 Å². The van der Waals surface area contributed by atoms with E-state index in [9.17, 15) is 0 Å². The Labute approximate surface area is 98.4 Å². The molecule has 0 spiro atoms. The standard InChI is InChI=1S/C14H21NO/c1-6-15-14(5)9-13(4)12(3)8-7-11(2)10-16/h6-9,16H,1,10H2,2-5H3/b11-7+,12-8+,13-9+,15-14?. The highest BCUT2D eigenvalue weighted by molar-refractivity contribution is 5.94. The summed E-state index contributed by atoms with van der Waals surface area (Å²) >= 11 is 0. The highest BCUT2D eigenvalue weighted by atomic mass is 16.3. The van der Waals surface area contributed by atoms with Crippen LogP contribution >= 0.6 is 0 Å². The van der Waals surface area contributed by atoms with Crippen molar-refractivity contribution in [3.63, 3.8) is 0 Å². The Morgan fingerprint density at radius 3 is 2.25 bits per heavy atom. The summed E-state index contributed by atoms with van der Waals surface area (Å²) in [5, 5.41) is 8.86. The molecule has 0 radical (unpaired) electrons. The lowest BCUT2D eigenvalue weighted by molar-refractivity contribution is 0.331. The van der Waals surface area contributed by atoms with Crippen molar-refractivity contribution in [3.05, 3.63) is 47.7 Å². The summed E-state index contributed by atoms with van der Waals surface area (Å²) < 4.78 is 0. The van der Waals surface area contributed by atoms with E-state index in [2.05, 4.69) is 11.6 Å². The van der Waals surface area contributed by atoms with Crippen molar-refractivity contribution in [2.45, 2.75) is 27.7 Å². The summed E-state index contributed by atoms with van der Waals surface area (Å²) in [6.45, 7) is 11.6. The molecule has 0 unspecified atom stereocenters. The molecule has 2 heteroatoms. The number of hydrogen-bond donors (Lipinski definition) is 1. The molecule has 0 aromatic rings. The fraction of sp³-hybridized carbons (Fsp3) is 0.357. The fourth-order valence-electron chi connectivity index (χ4n) is 1.06. The van der Waals surface area contributed by atoms with E-state index >= 15 is 0 Å². The lowest BCUT2D eigenvalue weighted by atomic mass is 10.1. The largest absolute Gasteiger partial charge is 0.392 e. The molecule has 0 amide bonds. The summed E-state index contributed by atoms with van der Waals surface area (Å²) in [6.07, 6.45) is 7.47. The number of aliphatic hydroxyl groups is 1. The van der Waals surface area contributed by atoms with E-state index in [-0.39, 0.29) is 6.61 Å². The minimum absolute atomic E-state index is 0.101. The minimum Gasteiger partial charge on any atom is -0.392 e. The molecule has 0 aliphatic heterocycles. The Hall–Kier alpha value is -1.41. The monoisotopic (exact) mass is 219 g/mol. The Bertz CT molecular complexity index is 357. The van der Waals surface area contributed by atoms with Gasteiger partial charge in [0.2, 0.25) is 0 Å². The highest BCUT2D eigenvalue weighted by Crippen LogP contribution is 2.09. The first-order valence-electron chi connectivity index (χ1n) is 5.30. The maximum atomic E-state index is 8.86. The highest BCUT2D eigenvalue weighted by Gasteiger charge is 1.93. The molecule has 0 rings (SSSR count). The Balaban J connectivity index is 4.79. The second-order valence-corrected chi connectivity index (χ2v) is 3.80. The van der Waals surface area contributed by atoms with Gasteiger partial charge in [-0.25, -0.2) is 0 Å². The molecule has 1 N–H and O–H groups in total. The SMILES string of the molecule is C=CN=C(C)/C=C(C)/C(C)=C/C=C(\C)CO. The zero-order valence-corrected chi connectivity index (χ0v) is 10.6. The zero-order valence-electron chi connectivity index (χ0n) is 10.6. The van der Waals surface area contributed by atoms with Gasteiger partial charge in [0.1, 0.15) is 0 Å². The maximum absolute atomic E-state index is 8.86. The first kappa shape index (κ1) is 14.6. The van der Waals surface area contributed by atoms with Crippen LogP contribution in [0.15, 0.2) is 52.7 Å². The van der Waals surface area contributed by atoms with Crippen molar-refractivity contribution < 1.29 is 5.11 Å². The molecule has 0 aliphatic carbocycles. The Morgan fingerprint density at radius 2 is 1.75 bits per heavy atom. The number of nitrogens with zero attached hydrogens (tertiary/aromatic N) is 1. The summed E-state index contributed by atoms with van der Waals surface area (Å²) in [5.41, 5.74) is 4.20. The van der Waals surface area contributed by atoms with Crippen molar-refractivity contribution in [1.82, 2.24) is 0 Å². The van der Waals surface area contributed by atoms with E-state index < -0.39 is 0 Å². The normalized spacial score (nSPS) is 15.3. The van der Waals surface area contributed by atoms with Crippen LogP contribution in [-0.4, -0.2) is 17.4 Å². The number of rotatable bonds is 5. The maximum Gasteiger partial charge on any atom is 0.0642 e. The van der Waals surface area contributed by atoms with Crippen LogP contribution in [0.4, 0.5) is 0 Å². The van der Waals surface area contributed by atoms with Crippen LogP contribution in [0, 0.1) is 0 Å². The molecule has 0 aliphatic rings. The van der Waals surface area contributed by atoms with Crippen LogP contribution in [-0.2, 0) is 0 Å². The fourth-order valence-corrected chi connectivity index (χ4v) is 1.06. The van der Waals surface area contributed by atoms with Crippen LogP contribution in [0.25, 0.3) is 0 Å². The van der Waals surface area contributed by atoms with Gasteiger partial charge in [0.05, 0.1) is 6.61 Å². The van der Waals surface area contributed by atoms with Crippen molar-refractivity contribution >= 4 is 5.71 Å². The summed E-state index contributed by atoms with van der Waals surface area (Å²) in [6, 6.07) is 0. The summed E-state index contributed by atoms with van der Waals surface area (Å²) in [4.78, 5) is 4.08. The second-order valence-electron chi connectivity index (χ2n) is 3.80. The Morgan fingerprint density at radius 1 is 1.12 bits per heavy atom. The molecule has 0 fully saturated rings. The van der Waals surface area contributed by atoms with Gasteiger partial charge in [-0.1, -0.05) is 18.7 Å². The van der Waals surface area contributed by atoms with Gasteiger partial charge in [0.25, 0.3) is 0 Å². The predicted octanol–water partition coefficient (Wildman–Crippen LogP) is 3.42. The van der Waals surface area contributed by atoms with Crippen LogP contribution in [0.3, 0.4) is 0 Å². The molecule has 2 nitrogen and oxygen atoms in total. The zero-order chi connectivity index (χ0) is 12.6. The van der Waals surface area contributed by atoms with Gasteiger partial charge in [0.15, 0.2) is 0 Å². The van der Waals surface area contributed by atoms with Crippen LogP contribution in [0.2, 0.25) is 0 Å². The average Bonchev–Trinajstić information content (AvgIpc) is 2.25. The van der Waals surface area contributed by atoms with Gasteiger partial charge in [-0.15, -0.1) is 0 Å². The lowest BCUT2D eigenvalue weighted by Gasteiger charge is -2.00. The molecule has 0 aromatic heterocycles. The molecule has 0 heterocycles. The van der Waals surface area contributed by atoms with E-state index in [0.29, 0.717) is 0 Å². The van der Waals surface area contributed by atoms with Crippen LogP contribution in [0.5, 0.6) is 0 Å². The molecular weight excluding hydrogens is 198 g/mol.